The zero-order chi connectivity index (χ0) is 17.8. The summed E-state index contributed by atoms with van der Waals surface area (Å²) in [5.41, 5.74) is 8.07. The molecule has 7 nitrogen and oxygen atoms in total. The third kappa shape index (κ3) is 3.46. The van der Waals surface area contributed by atoms with Gasteiger partial charge in [0.1, 0.15) is 11.6 Å². The quantitative estimate of drug-likeness (QED) is 0.418. The minimum absolute atomic E-state index is 0.143. The molecule has 4 rings (SSSR count). The molecule has 1 aliphatic rings. The molecule has 0 radical (unpaired) electrons. The summed E-state index contributed by atoms with van der Waals surface area (Å²) in [6.07, 6.45) is 4.52. The fourth-order valence-corrected chi connectivity index (χ4v) is 3.21. The number of aromatic nitrogens is 3. The summed E-state index contributed by atoms with van der Waals surface area (Å²) in [5.74, 6) is 2.33. The van der Waals surface area contributed by atoms with E-state index in [9.17, 15) is 0 Å². The number of aryl methyl sites for hydroxylation is 1. The lowest BCUT2D eigenvalue weighted by molar-refractivity contribution is 0.262. The molecule has 3 aromatic rings. The Morgan fingerprint density at radius 3 is 3.08 bits per heavy atom. The van der Waals surface area contributed by atoms with Crippen LogP contribution in [0.1, 0.15) is 30.3 Å². The lowest BCUT2D eigenvalue weighted by atomic mass is 10.0. The predicted molar refractivity (Wildman–Crippen MR) is 100 cm³/mol. The zero-order valence-corrected chi connectivity index (χ0v) is 14.5. The van der Waals surface area contributed by atoms with Crippen LogP contribution in [0.2, 0.25) is 0 Å². The van der Waals surface area contributed by atoms with Gasteiger partial charge in [-0.15, -0.1) is 10.2 Å². The number of para-hydroxylation sites is 1. The van der Waals surface area contributed by atoms with E-state index in [2.05, 4.69) is 26.6 Å². The van der Waals surface area contributed by atoms with Crippen LogP contribution in [-0.4, -0.2) is 33.7 Å². The van der Waals surface area contributed by atoms with E-state index in [0.717, 1.165) is 42.0 Å². The number of nitrogens with zero attached hydrogens (tertiary/aromatic N) is 4. The molecule has 0 saturated carbocycles. The number of hydrogen-bond acceptors (Lipinski definition) is 4. The summed E-state index contributed by atoms with van der Waals surface area (Å²) in [7, 11) is 0. The SMILES string of the molecule is NC(=NCCCc1nnc2ccccn12)NC1CCOc2ccccc21. The zero-order valence-electron chi connectivity index (χ0n) is 14.5. The fourth-order valence-electron chi connectivity index (χ4n) is 3.21. The maximum absolute atomic E-state index is 6.08. The largest absolute Gasteiger partial charge is 0.493 e. The maximum Gasteiger partial charge on any atom is 0.189 e. The molecule has 0 spiro atoms. The fraction of sp³-hybridized carbons (Fsp3) is 0.316. The standard InChI is InChI=1S/C19H22N6O/c20-19(22-15-10-13-26-16-7-2-1-6-14(15)16)21-11-5-9-18-24-23-17-8-3-4-12-25(17)18/h1-4,6-8,12,15H,5,9-11,13H2,(H3,20,21,22). The smallest absolute Gasteiger partial charge is 0.189 e. The molecule has 1 atom stereocenters. The maximum atomic E-state index is 6.08. The summed E-state index contributed by atoms with van der Waals surface area (Å²) in [5, 5.41) is 11.7. The second-order valence-corrected chi connectivity index (χ2v) is 6.29. The minimum atomic E-state index is 0.143. The normalized spacial score (nSPS) is 16.9. The van der Waals surface area contributed by atoms with Crippen molar-refractivity contribution in [3.8, 4) is 5.75 Å². The van der Waals surface area contributed by atoms with Gasteiger partial charge < -0.3 is 15.8 Å². The van der Waals surface area contributed by atoms with Gasteiger partial charge >= 0.3 is 0 Å². The molecule has 26 heavy (non-hydrogen) atoms. The van der Waals surface area contributed by atoms with E-state index in [0.29, 0.717) is 19.1 Å². The van der Waals surface area contributed by atoms with Crippen molar-refractivity contribution in [2.45, 2.75) is 25.3 Å². The van der Waals surface area contributed by atoms with Crippen molar-refractivity contribution >= 4 is 11.6 Å². The summed E-state index contributed by atoms with van der Waals surface area (Å²) >= 11 is 0. The van der Waals surface area contributed by atoms with Gasteiger partial charge in [0.15, 0.2) is 11.6 Å². The van der Waals surface area contributed by atoms with Crippen LogP contribution in [0.3, 0.4) is 0 Å². The Bertz CT molecular complexity index is 919. The monoisotopic (exact) mass is 350 g/mol. The molecule has 7 heteroatoms. The minimum Gasteiger partial charge on any atom is -0.493 e. The molecular weight excluding hydrogens is 328 g/mol. The van der Waals surface area contributed by atoms with Crippen LogP contribution in [0.25, 0.3) is 5.65 Å². The summed E-state index contributed by atoms with van der Waals surface area (Å²) in [4.78, 5) is 4.46. The number of nitrogens with two attached hydrogens (primary N) is 1. The van der Waals surface area contributed by atoms with E-state index >= 15 is 0 Å². The van der Waals surface area contributed by atoms with Gasteiger partial charge in [-0.3, -0.25) is 9.39 Å². The number of ether oxygens (including phenoxy) is 1. The number of nitrogens with one attached hydrogen (secondary N) is 1. The van der Waals surface area contributed by atoms with Gasteiger partial charge in [0.05, 0.1) is 12.6 Å². The third-order valence-electron chi connectivity index (χ3n) is 4.51. The molecule has 2 aromatic heterocycles. The van der Waals surface area contributed by atoms with Crippen molar-refractivity contribution < 1.29 is 4.74 Å². The number of hydrogen-bond donors (Lipinski definition) is 2. The van der Waals surface area contributed by atoms with E-state index in [1.54, 1.807) is 0 Å². The first-order valence-electron chi connectivity index (χ1n) is 8.88. The molecule has 1 unspecified atom stereocenters. The molecule has 1 aromatic carbocycles. The van der Waals surface area contributed by atoms with Crippen molar-refractivity contribution in [1.82, 2.24) is 19.9 Å². The molecular formula is C19H22N6O. The molecule has 0 saturated heterocycles. The summed E-state index contributed by atoms with van der Waals surface area (Å²) < 4.78 is 7.68. The second kappa shape index (κ2) is 7.43. The molecule has 3 N–H and O–H groups in total. The Balaban J connectivity index is 1.32. The van der Waals surface area contributed by atoms with Crippen LogP contribution < -0.4 is 15.8 Å². The van der Waals surface area contributed by atoms with Gasteiger partial charge in [-0.1, -0.05) is 24.3 Å². The highest BCUT2D eigenvalue weighted by atomic mass is 16.5. The number of fused-ring (bicyclic) bond motifs is 2. The van der Waals surface area contributed by atoms with Gasteiger partial charge in [-0.25, -0.2) is 0 Å². The second-order valence-electron chi connectivity index (χ2n) is 6.29. The predicted octanol–water partition coefficient (Wildman–Crippen LogP) is 2.09. The van der Waals surface area contributed by atoms with E-state index in [-0.39, 0.29) is 6.04 Å². The third-order valence-corrected chi connectivity index (χ3v) is 4.51. The van der Waals surface area contributed by atoms with Gasteiger partial charge in [0.2, 0.25) is 0 Å². The van der Waals surface area contributed by atoms with E-state index in [1.807, 2.05) is 47.0 Å². The van der Waals surface area contributed by atoms with Gasteiger partial charge in [-0.05, 0) is 24.6 Å². The Morgan fingerprint density at radius 1 is 1.23 bits per heavy atom. The molecule has 0 bridgehead atoms. The summed E-state index contributed by atoms with van der Waals surface area (Å²) in [6.45, 7) is 1.33. The van der Waals surface area contributed by atoms with E-state index < -0.39 is 0 Å². The van der Waals surface area contributed by atoms with E-state index in [1.165, 1.54) is 0 Å². The van der Waals surface area contributed by atoms with Crippen molar-refractivity contribution in [3.63, 3.8) is 0 Å². The van der Waals surface area contributed by atoms with Crippen LogP contribution in [0.5, 0.6) is 5.75 Å². The Hall–Kier alpha value is -3.09. The van der Waals surface area contributed by atoms with Crippen LogP contribution >= 0.6 is 0 Å². The molecule has 0 amide bonds. The van der Waals surface area contributed by atoms with Crippen LogP contribution in [0.15, 0.2) is 53.7 Å². The van der Waals surface area contributed by atoms with Crippen molar-refractivity contribution in [2.24, 2.45) is 10.7 Å². The van der Waals surface area contributed by atoms with E-state index in [4.69, 9.17) is 10.5 Å². The highest BCUT2D eigenvalue weighted by Crippen LogP contribution is 2.31. The van der Waals surface area contributed by atoms with Crippen LogP contribution in [-0.2, 0) is 6.42 Å². The van der Waals surface area contributed by atoms with Gasteiger partial charge in [0.25, 0.3) is 0 Å². The molecule has 1 aliphatic heterocycles. The number of guanidine groups is 1. The topological polar surface area (TPSA) is 89.8 Å². The Labute approximate surface area is 151 Å². The average molecular weight is 350 g/mol. The van der Waals surface area contributed by atoms with Gasteiger partial charge in [0, 0.05) is 31.1 Å². The average Bonchev–Trinajstić information content (AvgIpc) is 3.09. The molecule has 134 valence electrons. The van der Waals surface area contributed by atoms with Crippen molar-refractivity contribution in [2.75, 3.05) is 13.2 Å². The first-order valence-corrected chi connectivity index (χ1v) is 8.88. The number of aliphatic imine (C=N–C) groups is 1. The molecule has 0 aliphatic carbocycles. The number of benzene rings is 1. The highest BCUT2D eigenvalue weighted by Gasteiger charge is 2.21. The van der Waals surface area contributed by atoms with Crippen LogP contribution in [0, 0.1) is 0 Å². The lowest BCUT2D eigenvalue weighted by Gasteiger charge is -2.26. The highest BCUT2D eigenvalue weighted by molar-refractivity contribution is 5.78. The van der Waals surface area contributed by atoms with Gasteiger partial charge in [-0.2, -0.15) is 0 Å². The lowest BCUT2D eigenvalue weighted by Crippen LogP contribution is -2.37. The summed E-state index contributed by atoms with van der Waals surface area (Å²) in [6, 6.07) is 14.1. The molecule has 0 fully saturated rings. The Morgan fingerprint density at radius 2 is 2.12 bits per heavy atom. The van der Waals surface area contributed by atoms with Crippen molar-refractivity contribution in [1.29, 1.82) is 0 Å². The van der Waals surface area contributed by atoms with Crippen molar-refractivity contribution in [3.05, 3.63) is 60.0 Å². The number of pyridine rings is 1. The Kier molecular flexibility index (Phi) is 4.68. The number of rotatable bonds is 5. The first-order chi connectivity index (χ1) is 12.8. The van der Waals surface area contributed by atoms with Crippen LogP contribution in [0.4, 0.5) is 0 Å². The molecule has 3 heterocycles. The first kappa shape index (κ1) is 16.4.